The third-order valence-electron chi connectivity index (χ3n) is 5.44. The quantitative estimate of drug-likeness (QED) is 0.263. The van der Waals surface area contributed by atoms with Gasteiger partial charge in [-0.25, -0.2) is 9.59 Å². The number of hydrogen-bond acceptors (Lipinski definition) is 4. The minimum Gasteiger partial charge on any atom is -0.480 e. The number of carboxylic acids is 1. The second kappa shape index (κ2) is 18.7. The Labute approximate surface area is 178 Å². The Morgan fingerprint density at radius 2 is 1.45 bits per heavy atom. The van der Waals surface area contributed by atoms with Crippen LogP contribution in [0.25, 0.3) is 0 Å². The van der Waals surface area contributed by atoms with E-state index in [9.17, 15) is 14.7 Å². The van der Waals surface area contributed by atoms with Crippen molar-refractivity contribution in [3.63, 3.8) is 0 Å². The predicted octanol–water partition coefficient (Wildman–Crippen LogP) is 5.73. The first-order valence-electron chi connectivity index (χ1n) is 11.9. The van der Waals surface area contributed by atoms with Crippen molar-refractivity contribution in [2.24, 2.45) is 5.73 Å². The Kier molecular flexibility index (Phi) is 17.9. The molecule has 1 amide bonds. The van der Waals surface area contributed by atoms with Gasteiger partial charge in [0.1, 0.15) is 6.04 Å². The second-order valence-electron chi connectivity index (χ2n) is 8.13. The van der Waals surface area contributed by atoms with Gasteiger partial charge in [-0.1, -0.05) is 71.6 Å². The summed E-state index contributed by atoms with van der Waals surface area (Å²) in [5.41, 5.74) is 5.54. The van der Waals surface area contributed by atoms with Crippen LogP contribution in [0.3, 0.4) is 0 Å². The highest BCUT2D eigenvalue weighted by Gasteiger charge is 2.33. The largest absolute Gasteiger partial charge is 0.480 e. The van der Waals surface area contributed by atoms with Gasteiger partial charge in [-0.3, -0.25) is 4.90 Å². The molecule has 3 N–H and O–H groups in total. The lowest BCUT2D eigenvalue weighted by Gasteiger charge is -2.33. The summed E-state index contributed by atoms with van der Waals surface area (Å²) in [6, 6.07) is -1.00. The summed E-state index contributed by atoms with van der Waals surface area (Å²) in [4.78, 5) is 26.1. The van der Waals surface area contributed by atoms with Crippen LogP contribution in [0.4, 0.5) is 4.79 Å². The van der Waals surface area contributed by atoms with Gasteiger partial charge in [-0.05, 0) is 45.6 Å². The van der Waals surface area contributed by atoms with Gasteiger partial charge in [0.05, 0.1) is 6.61 Å². The number of unbranched alkanes of at least 4 members (excludes halogenated alkanes) is 9. The topological polar surface area (TPSA) is 92.9 Å². The van der Waals surface area contributed by atoms with E-state index in [0.717, 1.165) is 44.9 Å². The molecule has 2 atom stereocenters. The molecule has 0 aromatic rings. The molecule has 0 heterocycles. The van der Waals surface area contributed by atoms with Gasteiger partial charge in [0, 0.05) is 6.04 Å². The van der Waals surface area contributed by atoms with E-state index in [0.29, 0.717) is 26.0 Å². The van der Waals surface area contributed by atoms with Crippen molar-refractivity contribution < 1.29 is 19.4 Å². The molecular formula is C23H46N2O4. The van der Waals surface area contributed by atoms with E-state index < -0.39 is 18.1 Å². The van der Waals surface area contributed by atoms with Crippen molar-refractivity contribution in [3.8, 4) is 0 Å². The lowest BCUT2D eigenvalue weighted by atomic mass is 10.0. The van der Waals surface area contributed by atoms with Crippen LogP contribution in [-0.4, -0.2) is 47.3 Å². The van der Waals surface area contributed by atoms with Crippen LogP contribution in [0, 0.1) is 0 Å². The van der Waals surface area contributed by atoms with Gasteiger partial charge in [-0.15, -0.1) is 0 Å². The van der Waals surface area contributed by atoms with Gasteiger partial charge < -0.3 is 15.6 Å². The Morgan fingerprint density at radius 1 is 0.862 bits per heavy atom. The molecule has 0 aromatic carbocycles. The van der Waals surface area contributed by atoms with E-state index in [1.54, 1.807) is 0 Å². The van der Waals surface area contributed by atoms with Crippen molar-refractivity contribution in [1.82, 2.24) is 4.90 Å². The van der Waals surface area contributed by atoms with Gasteiger partial charge in [0.15, 0.2) is 0 Å². The van der Waals surface area contributed by atoms with Gasteiger partial charge in [0.25, 0.3) is 0 Å². The molecule has 0 aliphatic carbocycles. The third kappa shape index (κ3) is 13.5. The molecule has 1 unspecified atom stereocenters. The van der Waals surface area contributed by atoms with Crippen LogP contribution in [0.5, 0.6) is 0 Å². The highest BCUT2D eigenvalue weighted by Crippen LogP contribution is 2.19. The zero-order chi connectivity index (χ0) is 21.9. The number of nitrogens with zero attached hydrogens (tertiary/aromatic N) is 1. The minimum atomic E-state index is -0.964. The summed E-state index contributed by atoms with van der Waals surface area (Å²) in [6.07, 6.45) is 13.5. The van der Waals surface area contributed by atoms with E-state index in [1.807, 2.05) is 6.92 Å². The molecule has 172 valence electrons. The van der Waals surface area contributed by atoms with Crippen LogP contribution in [0.15, 0.2) is 0 Å². The summed E-state index contributed by atoms with van der Waals surface area (Å²) in [5.74, 6) is -0.964. The third-order valence-corrected chi connectivity index (χ3v) is 5.44. The second-order valence-corrected chi connectivity index (χ2v) is 8.13. The first-order valence-corrected chi connectivity index (χ1v) is 11.9. The number of carbonyl (C=O) groups excluding carboxylic acids is 1. The molecule has 6 nitrogen and oxygen atoms in total. The molecule has 0 saturated carbocycles. The average Bonchev–Trinajstić information content (AvgIpc) is 2.70. The van der Waals surface area contributed by atoms with Crippen molar-refractivity contribution >= 4 is 12.1 Å². The molecule has 0 fully saturated rings. The molecule has 0 aromatic heterocycles. The summed E-state index contributed by atoms with van der Waals surface area (Å²) < 4.78 is 5.49. The number of carbonyl (C=O) groups is 2. The monoisotopic (exact) mass is 414 g/mol. The predicted molar refractivity (Wildman–Crippen MR) is 119 cm³/mol. The molecular weight excluding hydrogens is 368 g/mol. The maximum atomic E-state index is 12.7. The maximum absolute atomic E-state index is 12.7. The molecule has 0 saturated heterocycles. The lowest BCUT2D eigenvalue weighted by molar-refractivity contribution is -0.144. The first-order chi connectivity index (χ1) is 14.0. The number of aliphatic carboxylic acids is 1. The SMILES string of the molecule is CCCCCCCCCCOC(=O)N(C(C)CCCC)[C@@H](CCCCN)C(=O)O. The van der Waals surface area contributed by atoms with E-state index in [4.69, 9.17) is 10.5 Å². The maximum Gasteiger partial charge on any atom is 0.410 e. The number of nitrogens with two attached hydrogens (primary N) is 1. The standard InChI is InChI=1S/C23H46N2O4/c1-4-6-8-9-10-11-12-15-19-29-23(28)25(20(3)16-7-5-2)21(22(26)27)17-13-14-18-24/h20-21H,4-19,24H2,1-3H3,(H,26,27)/t20?,21-/m0/s1. The number of carboxylic acid groups (broad SMARTS) is 1. The van der Waals surface area contributed by atoms with E-state index in [1.165, 1.54) is 37.0 Å². The van der Waals surface area contributed by atoms with Crippen LogP contribution in [-0.2, 0) is 9.53 Å². The van der Waals surface area contributed by atoms with Crippen LogP contribution < -0.4 is 5.73 Å². The number of hydrogen-bond donors (Lipinski definition) is 2. The van der Waals surface area contributed by atoms with Gasteiger partial charge in [-0.2, -0.15) is 0 Å². The Morgan fingerprint density at radius 3 is 2.00 bits per heavy atom. The fraction of sp³-hybridized carbons (Fsp3) is 0.913. The Bertz CT molecular complexity index is 418. The molecule has 0 bridgehead atoms. The zero-order valence-corrected chi connectivity index (χ0v) is 19.2. The van der Waals surface area contributed by atoms with Crippen molar-refractivity contribution in [1.29, 1.82) is 0 Å². The van der Waals surface area contributed by atoms with Crippen molar-refractivity contribution in [2.75, 3.05) is 13.2 Å². The fourth-order valence-corrected chi connectivity index (χ4v) is 3.59. The van der Waals surface area contributed by atoms with Gasteiger partial charge in [0.2, 0.25) is 0 Å². The number of rotatable bonds is 19. The summed E-state index contributed by atoms with van der Waals surface area (Å²) in [5, 5.41) is 9.72. The normalized spacial score (nSPS) is 13.1. The number of amides is 1. The highest BCUT2D eigenvalue weighted by molar-refractivity contribution is 5.80. The van der Waals surface area contributed by atoms with E-state index in [2.05, 4.69) is 13.8 Å². The zero-order valence-electron chi connectivity index (χ0n) is 19.2. The smallest absolute Gasteiger partial charge is 0.410 e. The molecule has 0 rings (SSSR count). The van der Waals surface area contributed by atoms with Crippen LogP contribution in [0.1, 0.15) is 111 Å². The average molecular weight is 415 g/mol. The molecule has 0 aliphatic heterocycles. The molecule has 29 heavy (non-hydrogen) atoms. The molecule has 0 spiro atoms. The fourth-order valence-electron chi connectivity index (χ4n) is 3.59. The number of ether oxygens (including phenoxy) is 1. The van der Waals surface area contributed by atoms with Crippen LogP contribution in [0.2, 0.25) is 0 Å². The lowest BCUT2D eigenvalue weighted by Crippen LogP contribution is -2.50. The highest BCUT2D eigenvalue weighted by atomic mass is 16.6. The van der Waals surface area contributed by atoms with Gasteiger partial charge >= 0.3 is 12.1 Å². The van der Waals surface area contributed by atoms with Crippen molar-refractivity contribution in [3.05, 3.63) is 0 Å². The van der Waals surface area contributed by atoms with Crippen molar-refractivity contribution in [2.45, 2.75) is 123 Å². The Hall–Kier alpha value is -1.30. The summed E-state index contributed by atoms with van der Waals surface area (Å²) >= 11 is 0. The van der Waals surface area contributed by atoms with E-state index in [-0.39, 0.29) is 6.04 Å². The summed E-state index contributed by atoms with van der Waals surface area (Å²) in [7, 11) is 0. The first kappa shape index (κ1) is 27.7. The summed E-state index contributed by atoms with van der Waals surface area (Å²) in [6.45, 7) is 7.12. The Balaban J connectivity index is 4.57. The van der Waals surface area contributed by atoms with Crippen LogP contribution >= 0.6 is 0 Å². The molecule has 0 radical (unpaired) electrons. The minimum absolute atomic E-state index is 0.153. The molecule has 6 heteroatoms. The molecule has 0 aliphatic rings. The van der Waals surface area contributed by atoms with E-state index >= 15 is 0 Å².